The smallest absolute Gasteiger partial charge is 0.495 e. The maximum absolute atomic E-state index is 5.43. The van der Waals surface area contributed by atoms with Crippen LogP contribution in [0.4, 0.5) is 0 Å². The van der Waals surface area contributed by atoms with Gasteiger partial charge in [0.1, 0.15) is 28.7 Å². The molecule has 2 aromatic carbocycles. The molecule has 4 aliphatic rings. The van der Waals surface area contributed by atoms with E-state index in [-0.39, 0.29) is 34.1 Å². The van der Waals surface area contributed by atoms with E-state index in [1.54, 1.807) is 58.9 Å². The monoisotopic (exact) mass is 863 g/mol. The maximum atomic E-state index is 5.43. The van der Waals surface area contributed by atoms with E-state index in [9.17, 15) is 0 Å². The van der Waals surface area contributed by atoms with Crippen molar-refractivity contribution in [3.05, 3.63) is 203 Å². The minimum absolute atomic E-state index is 0. The van der Waals surface area contributed by atoms with E-state index in [4.69, 9.17) is 31.8 Å². The molecule has 0 bridgehead atoms. The molecule has 0 spiro atoms. The number of benzene rings is 2. The van der Waals surface area contributed by atoms with Crippen LogP contribution >= 0.6 is 0 Å². The molecule has 4 saturated carbocycles. The number of nitrogens with zero attached hydrogens (tertiary/aromatic N) is 1. The topological polar surface area (TPSA) is 49.8 Å². The van der Waals surface area contributed by atoms with Crippen molar-refractivity contribution in [3.63, 3.8) is 0 Å². The molecule has 4 fully saturated rings. The molecule has 5 nitrogen and oxygen atoms in total. The second-order valence-electron chi connectivity index (χ2n) is 11.9. The summed E-state index contributed by atoms with van der Waals surface area (Å²) in [6.07, 6.45) is 44.0. The number of hydrogen-bond donors (Lipinski definition) is 0. The van der Waals surface area contributed by atoms with E-state index in [0.717, 1.165) is 46.1 Å². The van der Waals surface area contributed by atoms with Crippen molar-refractivity contribution in [2.45, 2.75) is 0 Å². The molecule has 1 heterocycles. The Balaban J connectivity index is 0.000000236. The molecule has 0 aliphatic heterocycles. The van der Waals surface area contributed by atoms with Gasteiger partial charge in [0.15, 0.2) is 0 Å². The Kier molecular flexibility index (Phi) is 22.4. The number of pyridine rings is 1. The van der Waals surface area contributed by atoms with Gasteiger partial charge in [-0.1, -0.05) is 53.3 Å². The summed E-state index contributed by atoms with van der Waals surface area (Å²) >= 11 is 0. The summed E-state index contributed by atoms with van der Waals surface area (Å²) in [5.74, 6) is 36.2. The summed E-state index contributed by atoms with van der Waals surface area (Å²) in [4.78, 5) is 4.30. The van der Waals surface area contributed by atoms with E-state index in [2.05, 4.69) is 64.2 Å². The van der Waals surface area contributed by atoms with E-state index in [0.29, 0.717) is 34.1 Å². The number of aromatic nitrogens is 1. The van der Waals surface area contributed by atoms with Crippen LogP contribution in [0.5, 0.6) is 23.0 Å². The molecule has 7 heteroatoms. The van der Waals surface area contributed by atoms with Gasteiger partial charge >= 0.3 is 34.1 Å². The molecular weight excluding hydrogens is 826 g/mol. The van der Waals surface area contributed by atoms with Gasteiger partial charge in [-0.3, -0.25) is 0 Å². The zero-order valence-electron chi connectivity index (χ0n) is 33.2. The first kappa shape index (κ1) is 49.6. The van der Waals surface area contributed by atoms with Gasteiger partial charge in [-0.15, -0.1) is 12.8 Å². The summed E-state index contributed by atoms with van der Waals surface area (Å²) < 4.78 is 21.1. The average Bonchev–Trinajstić information content (AvgIpc) is 4.14. The summed E-state index contributed by atoms with van der Waals surface area (Å²) in [7, 11) is 6.35. The molecule has 0 saturated heterocycles. The van der Waals surface area contributed by atoms with Crippen LogP contribution in [-0.4, -0.2) is 33.4 Å². The van der Waals surface area contributed by atoms with Crippen LogP contribution in [0.3, 0.4) is 0 Å². The van der Waals surface area contributed by atoms with E-state index in [1.165, 1.54) is 0 Å². The summed E-state index contributed by atoms with van der Waals surface area (Å²) in [5.41, 5.74) is 4.45. The van der Waals surface area contributed by atoms with Gasteiger partial charge in [0.05, 0.1) is 74.4 Å². The predicted octanol–water partition coefficient (Wildman–Crippen LogP) is 7.47. The molecule has 0 amide bonds. The van der Waals surface area contributed by atoms with Gasteiger partial charge in [-0.25, -0.2) is 4.98 Å². The molecule has 4 aliphatic carbocycles. The summed E-state index contributed by atoms with van der Waals surface area (Å²) in [5, 5.41) is 0. The van der Waals surface area contributed by atoms with Crippen molar-refractivity contribution in [2.75, 3.05) is 28.4 Å². The van der Waals surface area contributed by atoms with E-state index < -0.39 is 0 Å². The minimum Gasteiger partial charge on any atom is -0.495 e. The number of terminal acetylenes is 2. The van der Waals surface area contributed by atoms with Crippen molar-refractivity contribution >= 4 is 0 Å². The third-order valence-electron chi connectivity index (χ3n) is 8.14. The molecule has 60 heavy (non-hydrogen) atoms. The first-order valence-corrected chi connectivity index (χ1v) is 17.8. The van der Waals surface area contributed by atoms with Gasteiger partial charge < -0.3 is 18.9 Å². The van der Waals surface area contributed by atoms with Crippen LogP contribution in [0.15, 0.2) is 42.6 Å². The zero-order chi connectivity index (χ0) is 41.0. The SMILES string of the molecule is C#Cc1cc(OC)c(C#C[C]2[CH][CH][CH][CH]2)cc1OC.C#Cc1cc(OC)c(C#C[C]2[CH][CH][CH][CH]2)cc1OC.C(#Cc1ccc(C#C[C]2[CH][CH][CH][CH]2)nc1)[C]1[CH][CH][CH][CH]1.[Fe+2].[Fe+2]. The Labute approximate surface area is 382 Å². The third-order valence-corrected chi connectivity index (χ3v) is 8.14. The Morgan fingerprint density at radius 2 is 0.717 bits per heavy atom. The van der Waals surface area contributed by atoms with Crippen molar-refractivity contribution in [1.82, 2.24) is 4.98 Å². The molecule has 3 aromatic rings. The van der Waals surface area contributed by atoms with Gasteiger partial charge in [-0.2, -0.15) is 0 Å². The Morgan fingerprint density at radius 1 is 0.400 bits per heavy atom. The third kappa shape index (κ3) is 15.3. The van der Waals surface area contributed by atoms with Gasteiger partial charge in [0.2, 0.25) is 0 Å². The molecule has 0 unspecified atom stereocenters. The molecule has 290 valence electrons. The minimum atomic E-state index is 0. The van der Waals surface area contributed by atoms with E-state index in [1.807, 2.05) is 115 Å². The molecule has 20 radical (unpaired) electrons. The van der Waals surface area contributed by atoms with Crippen molar-refractivity contribution < 1.29 is 53.1 Å². The fourth-order valence-corrected chi connectivity index (χ4v) is 5.15. The van der Waals surface area contributed by atoms with Crippen LogP contribution in [0.25, 0.3) is 0 Å². The van der Waals surface area contributed by atoms with Crippen molar-refractivity contribution in [1.29, 1.82) is 0 Å². The van der Waals surface area contributed by atoms with E-state index >= 15 is 0 Å². The Morgan fingerprint density at radius 3 is 1.03 bits per heavy atom. The second kappa shape index (κ2) is 27.1. The predicted molar refractivity (Wildman–Crippen MR) is 228 cm³/mol. The molecule has 1 aromatic heterocycles. The number of hydrogen-bond acceptors (Lipinski definition) is 5. The zero-order valence-corrected chi connectivity index (χ0v) is 35.4. The first-order valence-electron chi connectivity index (χ1n) is 17.8. The summed E-state index contributed by atoms with van der Waals surface area (Å²) in [6.45, 7) is 0. The largest absolute Gasteiger partial charge is 2.00 e. The molecular formula is C53H37Fe2NO4+4. The number of rotatable bonds is 4. The maximum Gasteiger partial charge on any atom is 2.00 e. The van der Waals surface area contributed by atoms with Crippen molar-refractivity contribution in [3.8, 4) is 95.0 Å². The van der Waals surface area contributed by atoms with Crippen LogP contribution in [0.2, 0.25) is 0 Å². The Hall–Kier alpha value is -4.81. The fourth-order valence-electron chi connectivity index (χ4n) is 5.15. The van der Waals surface area contributed by atoms with Crippen LogP contribution in [-0.2, 0) is 34.1 Å². The quantitative estimate of drug-likeness (QED) is 0.202. The van der Waals surface area contributed by atoms with Gasteiger partial charge in [0, 0.05) is 36.0 Å². The molecule has 0 N–H and O–H groups in total. The Bertz CT molecular complexity index is 2010. The van der Waals surface area contributed by atoms with Crippen molar-refractivity contribution in [2.24, 2.45) is 0 Å². The van der Waals surface area contributed by atoms with Crippen LogP contribution in [0.1, 0.15) is 33.5 Å². The molecule has 7 rings (SSSR count). The number of ether oxygens (including phenoxy) is 4. The van der Waals surface area contributed by atoms with Crippen LogP contribution < -0.4 is 18.9 Å². The molecule has 0 atom stereocenters. The van der Waals surface area contributed by atoms with Gasteiger partial charge in [-0.05, 0) is 121 Å². The fraction of sp³-hybridized carbons (Fsp3) is 0.0755. The second-order valence-corrected chi connectivity index (χ2v) is 11.9. The normalized spacial score (nSPS) is 15.5. The standard InChI is InChI=1S/C19H11N.2C17H13O2.2Fe/c1-2-6-16(5-1)9-10-18-12-14-19(20-15-18)13-11-17-7-3-4-8-17;2*1-4-14-11-17(19-3)15(12-16(14)18-2)10-9-13-7-5-6-8-13;;/h1-8,12,14-15H;2*1,5-8,11-12H,2-3H3;;/q;;;2*+2. The average molecular weight is 864 g/mol. The van der Waals surface area contributed by atoms with Gasteiger partial charge in [0.25, 0.3) is 0 Å². The summed E-state index contributed by atoms with van der Waals surface area (Å²) in [6, 6.07) is 10.9. The van der Waals surface area contributed by atoms with Crippen LogP contribution in [0, 0.1) is 198 Å². The number of methoxy groups -OCH3 is 4. The first-order chi connectivity index (χ1) is 28.5.